The number of benzene rings is 1. The molecule has 0 aromatic heterocycles. The summed E-state index contributed by atoms with van der Waals surface area (Å²) in [4.78, 5) is 32.0. The van der Waals surface area contributed by atoms with Crippen molar-refractivity contribution in [1.82, 2.24) is 5.32 Å². The molecule has 90 valence electrons. The second-order valence-electron chi connectivity index (χ2n) is 3.18. The number of amides is 2. The van der Waals surface area contributed by atoms with Crippen LogP contribution in [0.4, 0.5) is 11.4 Å². The molecule has 0 saturated carbocycles. The van der Waals surface area contributed by atoms with Crippen molar-refractivity contribution in [3.8, 4) is 0 Å². The van der Waals surface area contributed by atoms with E-state index in [-0.39, 0.29) is 16.9 Å². The number of anilines is 1. The number of hydrogen-bond donors (Lipinski definition) is 3. The number of rotatable bonds is 4. The van der Waals surface area contributed by atoms with Crippen molar-refractivity contribution in [2.75, 3.05) is 12.3 Å². The van der Waals surface area contributed by atoms with Gasteiger partial charge in [-0.2, -0.15) is 0 Å². The van der Waals surface area contributed by atoms with Gasteiger partial charge in [-0.15, -0.1) is 0 Å². The molecule has 0 aliphatic rings. The van der Waals surface area contributed by atoms with Crippen LogP contribution in [0.15, 0.2) is 18.2 Å². The summed E-state index contributed by atoms with van der Waals surface area (Å²) in [6, 6.07) is 3.59. The van der Waals surface area contributed by atoms with E-state index in [1.54, 1.807) is 0 Å². The Morgan fingerprint density at radius 1 is 1.41 bits per heavy atom. The number of nitrogens with one attached hydrogen (secondary N) is 1. The molecule has 17 heavy (non-hydrogen) atoms. The molecule has 1 aromatic carbocycles. The average molecular weight is 238 g/mol. The SMILES string of the molecule is NC(=O)CNC(=O)c1cc(N)ccc1[N+](=O)[O-]. The summed E-state index contributed by atoms with van der Waals surface area (Å²) in [5.74, 6) is -1.52. The van der Waals surface area contributed by atoms with Gasteiger partial charge < -0.3 is 16.8 Å². The molecule has 0 aliphatic heterocycles. The highest BCUT2D eigenvalue weighted by molar-refractivity contribution is 6.00. The molecule has 0 fully saturated rings. The Labute approximate surface area is 95.7 Å². The Morgan fingerprint density at radius 2 is 2.06 bits per heavy atom. The lowest BCUT2D eigenvalue weighted by Crippen LogP contribution is -2.33. The van der Waals surface area contributed by atoms with Crippen molar-refractivity contribution in [3.63, 3.8) is 0 Å². The van der Waals surface area contributed by atoms with Gasteiger partial charge in [0.15, 0.2) is 0 Å². The van der Waals surface area contributed by atoms with Crippen molar-refractivity contribution >= 4 is 23.2 Å². The molecule has 8 nitrogen and oxygen atoms in total. The topological polar surface area (TPSA) is 141 Å². The second-order valence-corrected chi connectivity index (χ2v) is 3.18. The highest BCUT2D eigenvalue weighted by atomic mass is 16.6. The lowest BCUT2D eigenvalue weighted by Gasteiger charge is -2.04. The van der Waals surface area contributed by atoms with Gasteiger partial charge in [0.25, 0.3) is 11.6 Å². The Kier molecular flexibility index (Phi) is 3.60. The van der Waals surface area contributed by atoms with Gasteiger partial charge in [0.1, 0.15) is 5.56 Å². The molecule has 1 aromatic rings. The number of carbonyl (C=O) groups is 2. The van der Waals surface area contributed by atoms with Crippen LogP contribution in [0.1, 0.15) is 10.4 Å². The summed E-state index contributed by atoms with van der Waals surface area (Å²) in [6.07, 6.45) is 0. The number of nitro benzene ring substituents is 1. The van der Waals surface area contributed by atoms with E-state index in [0.717, 1.165) is 12.1 Å². The maximum Gasteiger partial charge on any atom is 0.282 e. The molecule has 2 amide bonds. The predicted molar refractivity (Wildman–Crippen MR) is 59.0 cm³/mol. The standard InChI is InChI=1S/C9H10N4O4/c10-5-1-2-7(13(16)17)6(3-5)9(15)12-4-8(11)14/h1-3H,4,10H2,(H2,11,14)(H,12,15). The molecule has 0 radical (unpaired) electrons. The number of primary amides is 1. The summed E-state index contributed by atoms with van der Waals surface area (Å²) in [7, 11) is 0. The zero-order chi connectivity index (χ0) is 13.0. The van der Waals surface area contributed by atoms with E-state index in [1.165, 1.54) is 6.07 Å². The quantitative estimate of drug-likeness (QED) is 0.364. The normalized spacial score (nSPS) is 9.65. The molecule has 0 atom stereocenters. The first-order valence-corrected chi connectivity index (χ1v) is 4.52. The first-order valence-electron chi connectivity index (χ1n) is 4.52. The van der Waals surface area contributed by atoms with Crippen LogP contribution in [0.5, 0.6) is 0 Å². The number of nitrogen functional groups attached to an aromatic ring is 1. The monoisotopic (exact) mass is 238 g/mol. The summed E-state index contributed by atoms with van der Waals surface area (Å²) >= 11 is 0. The molecule has 8 heteroatoms. The Hall–Kier alpha value is -2.64. The fourth-order valence-corrected chi connectivity index (χ4v) is 1.16. The Morgan fingerprint density at radius 3 is 2.59 bits per heavy atom. The zero-order valence-electron chi connectivity index (χ0n) is 8.67. The van der Waals surface area contributed by atoms with Crippen LogP contribution in [-0.2, 0) is 4.79 Å². The van der Waals surface area contributed by atoms with Crippen LogP contribution in [0.25, 0.3) is 0 Å². The first kappa shape index (κ1) is 12.4. The lowest BCUT2D eigenvalue weighted by atomic mass is 10.1. The van der Waals surface area contributed by atoms with Gasteiger partial charge in [-0.3, -0.25) is 19.7 Å². The van der Waals surface area contributed by atoms with Crippen molar-refractivity contribution < 1.29 is 14.5 Å². The van der Waals surface area contributed by atoms with Crippen LogP contribution in [-0.4, -0.2) is 23.3 Å². The molecular weight excluding hydrogens is 228 g/mol. The van der Waals surface area contributed by atoms with Crippen LogP contribution in [0.2, 0.25) is 0 Å². The van der Waals surface area contributed by atoms with E-state index < -0.39 is 23.3 Å². The minimum atomic E-state index is -0.775. The minimum absolute atomic E-state index is 0.208. The molecule has 0 spiro atoms. The number of carbonyl (C=O) groups excluding carboxylic acids is 2. The van der Waals surface area contributed by atoms with Crippen LogP contribution >= 0.6 is 0 Å². The van der Waals surface area contributed by atoms with Gasteiger partial charge in [0.05, 0.1) is 11.5 Å². The van der Waals surface area contributed by atoms with Gasteiger partial charge >= 0.3 is 0 Å². The number of nitro groups is 1. The zero-order valence-corrected chi connectivity index (χ0v) is 8.67. The molecule has 5 N–H and O–H groups in total. The fourth-order valence-electron chi connectivity index (χ4n) is 1.16. The highest BCUT2D eigenvalue weighted by Crippen LogP contribution is 2.20. The van der Waals surface area contributed by atoms with E-state index in [1.807, 2.05) is 0 Å². The van der Waals surface area contributed by atoms with Crippen molar-refractivity contribution in [3.05, 3.63) is 33.9 Å². The maximum absolute atomic E-state index is 11.5. The molecule has 0 unspecified atom stereocenters. The van der Waals surface area contributed by atoms with Crippen molar-refractivity contribution in [2.45, 2.75) is 0 Å². The summed E-state index contributed by atoms with van der Waals surface area (Å²) < 4.78 is 0. The van der Waals surface area contributed by atoms with E-state index >= 15 is 0 Å². The third kappa shape index (κ3) is 3.16. The van der Waals surface area contributed by atoms with Crippen LogP contribution < -0.4 is 16.8 Å². The second kappa shape index (κ2) is 4.92. The van der Waals surface area contributed by atoms with Crippen LogP contribution in [0.3, 0.4) is 0 Å². The van der Waals surface area contributed by atoms with Gasteiger partial charge in [0, 0.05) is 11.8 Å². The number of hydrogen-bond acceptors (Lipinski definition) is 5. The minimum Gasteiger partial charge on any atom is -0.399 e. The Balaban J connectivity index is 3.02. The third-order valence-electron chi connectivity index (χ3n) is 1.89. The average Bonchev–Trinajstić information content (AvgIpc) is 2.25. The third-order valence-corrected chi connectivity index (χ3v) is 1.89. The molecule has 0 aliphatic carbocycles. The maximum atomic E-state index is 11.5. The molecule has 0 saturated heterocycles. The molecular formula is C9H10N4O4. The molecule has 1 rings (SSSR count). The van der Waals surface area contributed by atoms with Crippen LogP contribution in [0, 0.1) is 10.1 Å². The summed E-state index contributed by atoms with van der Waals surface area (Å²) in [5, 5.41) is 12.8. The highest BCUT2D eigenvalue weighted by Gasteiger charge is 2.20. The van der Waals surface area contributed by atoms with E-state index in [9.17, 15) is 19.7 Å². The van der Waals surface area contributed by atoms with E-state index in [2.05, 4.69) is 5.32 Å². The molecule has 0 bridgehead atoms. The van der Waals surface area contributed by atoms with Gasteiger partial charge in [-0.25, -0.2) is 0 Å². The number of nitrogens with two attached hydrogens (primary N) is 2. The van der Waals surface area contributed by atoms with Gasteiger partial charge in [0.2, 0.25) is 5.91 Å². The van der Waals surface area contributed by atoms with Gasteiger partial charge in [-0.1, -0.05) is 0 Å². The molecule has 0 heterocycles. The van der Waals surface area contributed by atoms with Crippen molar-refractivity contribution in [1.29, 1.82) is 0 Å². The first-order chi connectivity index (χ1) is 7.91. The summed E-state index contributed by atoms with van der Waals surface area (Å²) in [5.41, 5.74) is 9.87. The van der Waals surface area contributed by atoms with Gasteiger partial charge in [-0.05, 0) is 12.1 Å². The fraction of sp³-hybridized carbons (Fsp3) is 0.111. The Bertz CT molecular complexity index is 486. The van der Waals surface area contributed by atoms with Crippen molar-refractivity contribution in [2.24, 2.45) is 5.73 Å². The smallest absolute Gasteiger partial charge is 0.282 e. The van der Waals surface area contributed by atoms with E-state index in [4.69, 9.17) is 11.5 Å². The predicted octanol–water partition coefficient (Wildman–Crippen LogP) is -0.608. The largest absolute Gasteiger partial charge is 0.399 e. The number of nitrogens with zero attached hydrogens (tertiary/aromatic N) is 1. The van der Waals surface area contributed by atoms with E-state index in [0.29, 0.717) is 0 Å². The lowest BCUT2D eigenvalue weighted by molar-refractivity contribution is -0.385. The summed E-state index contributed by atoms with van der Waals surface area (Å²) in [6.45, 7) is -0.398.